The van der Waals surface area contributed by atoms with Crippen molar-refractivity contribution in [1.29, 1.82) is 0 Å². The van der Waals surface area contributed by atoms with E-state index in [9.17, 15) is 9.90 Å². The average Bonchev–Trinajstić information content (AvgIpc) is 2.34. The molecule has 0 saturated carbocycles. The van der Waals surface area contributed by atoms with Crippen LogP contribution in [0, 0.1) is 0 Å². The Morgan fingerprint density at radius 2 is 2.06 bits per heavy atom. The maximum atomic E-state index is 11.1. The second-order valence-corrected chi connectivity index (χ2v) is 3.07. The van der Waals surface area contributed by atoms with Crippen molar-refractivity contribution in [2.24, 2.45) is 0 Å². The molecule has 0 heterocycles. The molecule has 1 N–H and O–H groups in total. The molecule has 0 amide bonds. The Labute approximate surface area is 94.1 Å². The lowest BCUT2D eigenvalue weighted by Crippen LogP contribution is -2.09. The Kier molecular flexibility index (Phi) is 4.92. The molecule has 0 aromatic heterocycles. The minimum atomic E-state index is -0.780. The number of hydrogen-bond donors (Lipinski definition) is 1. The summed E-state index contributed by atoms with van der Waals surface area (Å²) in [5, 5.41) is 9.27. The fraction of sp³-hybridized carbons (Fsp3) is 0.250. The Balaban J connectivity index is 2.48. The van der Waals surface area contributed by atoms with Gasteiger partial charge in [-0.25, -0.2) is 4.79 Å². The molecule has 0 unspecified atom stereocenters. The third-order valence-electron chi connectivity index (χ3n) is 1.70. The molecular weight excluding hydrogens is 208 g/mol. The van der Waals surface area contributed by atoms with Crippen molar-refractivity contribution in [2.75, 3.05) is 6.61 Å². The number of para-hydroxylation sites is 1. The van der Waals surface area contributed by atoms with Crippen molar-refractivity contribution in [2.45, 2.75) is 13.3 Å². The van der Waals surface area contributed by atoms with Crippen LogP contribution in [0.15, 0.2) is 42.4 Å². The van der Waals surface area contributed by atoms with Gasteiger partial charge in [-0.15, -0.1) is 0 Å². The largest absolute Gasteiger partial charge is 0.500 e. The van der Waals surface area contributed by atoms with Crippen molar-refractivity contribution in [3.8, 4) is 5.75 Å². The van der Waals surface area contributed by atoms with Crippen molar-refractivity contribution in [3.63, 3.8) is 0 Å². The molecular formula is C12H14O4. The molecule has 0 aliphatic rings. The van der Waals surface area contributed by atoms with Crippen molar-refractivity contribution < 1.29 is 19.4 Å². The summed E-state index contributed by atoms with van der Waals surface area (Å²) < 4.78 is 9.76. The van der Waals surface area contributed by atoms with E-state index in [1.54, 1.807) is 24.3 Å². The number of ether oxygens (including phenoxy) is 2. The number of rotatable bonds is 5. The van der Waals surface area contributed by atoms with Crippen LogP contribution in [0.25, 0.3) is 0 Å². The highest BCUT2D eigenvalue weighted by Gasteiger charge is 2.08. The zero-order chi connectivity index (χ0) is 11.8. The molecule has 0 radical (unpaired) electrons. The second-order valence-electron chi connectivity index (χ2n) is 3.07. The molecule has 0 aliphatic heterocycles. The van der Waals surface area contributed by atoms with E-state index >= 15 is 0 Å². The first-order chi connectivity index (χ1) is 7.74. The molecule has 4 nitrogen and oxygen atoms in total. The summed E-state index contributed by atoms with van der Waals surface area (Å²) in [6.07, 6.45) is 1.67. The Morgan fingerprint density at radius 3 is 2.69 bits per heavy atom. The molecule has 0 fully saturated rings. The maximum absolute atomic E-state index is 11.1. The van der Waals surface area contributed by atoms with E-state index in [4.69, 9.17) is 9.47 Å². The molecule has 0 saturated heterocycles. The third-order valence-corrected chi connectivity index (χ3v) is 1.70. The number of esters is 1. The lowest BCUT2D eigenvalue weighted by Gasteiger charge is -2.02. The van der Waals surface area contributed by atoms with E-state index in [-0.39, 0.29) is 6.61 Å². The Morgan fingerprint density at radius 1 is 1.38 bits per heavy atom. The van der Waals surface area contributed by atoms with Crippen LogP contribution in [-0.2, 0) is 9.53 Å². The lowest BCUT2D eigenvalue weighted by atomic mass is 10.3. The van der Waals surface area contributed by atoms with E-state index in [0.29, 0.717) is 12.2 Å². The van der Waals surface area contributed by atoms with Gasteiger partial charge in [-0.1, -0.05) is 25.1 Å². The topological polar surface area (TPSA) is 55.8 Å². The van der Waals surface area contributed by atoms with Crippen LogP contribution in [0.5, 0.6) is 5.75 Å². The number of hydrogen-bond acceptors (Lipinski definition) is 4. The zero-order valence-electron chi connectivity index (χ0n) is 9.05. The van der Waals surface area contributed by atoms with Gasteiger partial charge in [0.2, 0.25) is 5.76 Å². The maximum Gasteiger partial charge on any atom is 0.376 e. The van der Waals surface area contributed by atoms with Crippen LogP contribution < -0.4 is 4.74 Å². The quantitative estimate of drug-likeness (QED) is 0.472. The van der Waals surface area contributed by atoms with Gasteiger partial charge in [0.15, 0.2) is 0 Å². The molecule has 0 spiro atoms. The highest BCUT2D eigenvalue weighted by molar-refractivity contribution is 5.85. The first-order valence-corrected chi connectivity index (χ1v) is 5.02. The normalized spacial score (nSPS) is 10.9. The van der Waals surface area contributed by atoms with Crippen LogP contribution in [-0.4, -0.2) is 17.7 Å². The number of carbonyl (C=O) groups is 1. The van der Waals surface area contributed by atoms with Crippen LogP contribution in [0.2, 0.25) is 0 Å². The monoisotopic (exact) mass is 222 g/mol. The van der Waals surface area contributed by atoms with Gasteiger partial charge in [-0.05, 0) is 18.6 Å². The van der Waals surface area contributed by atoms with Crippen LogP contribution in [0.1, 0.15) is 13.3 Å². The van der Waals surface area contributed by atoms with E-state index in [1.165, 1.54) is 0 Å². The number of aliphatic hydroxyl groups is 1. The summed E-state index contributed by atoms with van der Waals surface area (Å²) in [5.74, 6) is -0.785. The van der Waals surface area contributed by atoms with Crippen molar-refractivity contribution in [3.05, 3.63) is 42.4 Å². The SMILES string of the molecule is CCCOC(=O)C(O)=COc1ccccc1. The number of carbonyl (C=O) groups excluding carboxylic acids is 1. The predicted octanol–water partition coefficient (Wildman–Crippen LogP) is 2.42. The van der Waals surface area contributed by atoms with Gasteiger partial charge < -0.3 is 14.6 Å². The van der Waals surface area contributed by atoms with Crippen LogP contribution in [0.4, 0.5) is 0 Å². The predicted molar refractivity (Wildman–Crippen MR) is 59.0 cm³/mol. The molecule has 0 atom stereocenters. The van der Waals surface area contributed by atoms with E-state index in [1.807, 2.05) is 13.0 Å². The molecule has 16 heavy (non-hydrogen) atoms. The van der Waals surface area contributed by atoms with Crippen LogP contribution >= 0.6 is 0 Å². The summed E-state index contributed by atoms with van der Waals surface area (Å²) in [5.41, 5.74) is 0. The first-order valence-electron chi connectivity index (χ1n) is 5.02. The second kappa shape index (κ2) is 6.50. The summed E-state index contributed by atoms with van der Waals surface area (Å²) in [6.45, 7) is 2.15. The zero-order valence-corrected chi connectivity index (χ0v) is 9.05. The number of aliphatic hydroxyl groups excluding tert-OH is 1. The summed E-state index contributed by atoms with van der Waals surface area (Å²) in [7, 11) is 0. The average molecular weight is 222 g/mol. The Bertz CT molecular complexity index is 357. The molecule has 86 valence electrons. The molecule has 1 aromatic rings. The van der Waals surface area contributed by atoms with E-state index in [0.717, 1.165) is 6.26 Å². The first kappa shape index (κ1) is 12.1. The standard InChI is InChI=1S/C12H14O4/c1-2-8-15-12(14)11(13)9-16-10-6-4-3-5-7-10/h3-7,9,13H,2,8H2,1H3. The van der Waals surface area contributed by atoms with Gasteiger partial charge >= 0.3 is 5.97 Å². The highest BCUT2D eigenvalue weighted by atomic mass is 16.5. The fourth-order valence-electron chi connectivity index (χ4n) is 0.940. The third kappa shape index (κ3) is 4.04. The van der Waals surface area contributed by atoms with Gasteiger partial charge in [0, 0.05) is 0 Å². The lowest BCUT2D eigenvalue weighted by molar-refractivity contribution is -0.142. The fourth-order valence-corrected chi connectivity index (χ4v) is 0.940. The van der Waals surface area contributed by atoms with Gasteiger partial charge in [0.25, 0.3) is 0 Å². The van der Waals surface area contributed by atoms with Gasteiger partial charge in [-0.2, -0.15) is 0 Å². The smallest absolute Gasteiger partial charge is 0.376 e. The van der Waals surface area contributed by atoms with Crippen molar-refractivity contribution in [1.82, 2.24) is 0 Å². The van der Waals surface area contributed by atoms with Gasteiger partial charge in [0.05, 0.1) is 6.61 Å². The molecule has 0 bridgehead atoms. The molecule has 1 aromatic carbocycles. The minimum absolute atomic E-state index is 0.280. The molecule has 4 heteroatoms. The van der Waals surface area contributed by atoms with E-state index < -0.39 is 11.7 Å². The highest BCUT2D eigenvalue weighted by Crippen LogP contribution is 2.09. The van der Waals surface area contributed by atoms with Crippen LogP contribution in [0.3, 0.4) is 0 Å². The summed E-state index contributed by atoms with van der Waals surface area (Å²) in [6, 6.07) is 8.83. The minimum Gasteiger partial charge on any atom is -0.500 e. The van der Waals surface area contributed by atoms with Gasteiger partial charge in [-0.3, -0.25) is 0 Å². The molecule has 1 rings (SSSR count). The summed E-state index contributed by atoms with van der Waals surface area (Å²) >= 11 is 0. The van der Waals surface area contributed by atoms with Crippen molar-refractivity contribution >= 4 is 5.97 Å². The summed E-state index contributed by atoms with van der Waals surface area (Å²) in [4.78, 5) is 11.1. The van der Waals surface area contributed by atoms with Gasteiger partial charge in [0.1, 0.15) is 12.0 Å². The van der Waals surface area contributed by atoms with E-state index in [2.05, 4.69) is 0 Å². The Hall–Kier alpha value is -1.97. The number of benzene rings is 1. The molecule has 0 aliphatic carbocycles.